The predicted molar refractivity (Wildman–Crippen MR) is 66.7 cm³/mol. The highest BCUT2D eigenvalue weighted by Crippen LogP contribution is 2.62. The van der Waals surface area contributed by atoms with Crippen LogP contribution >= 0.6 is 0 Å². The first kappa shape index (κ1) is 11.9. The van der Waals surface area contributed by atoms with E-state index in [2.05, 4.69) is 31.2 Å². The van der Waals surface area contributed by atoms with Crippen LogP contribution in [-0.2, 0) is 25.0 Å². The molecule has 2 unspecified atom stereocenters. The zero-order valence-electron chi connectivity index (χ0n) is 11.4. The second kappa shape index (κ2) is 3.38. The molecule has 4 heterocycles. The quantitative estimate of drug-likeness (QED) is 0.729. The number of ether oxygens (including phenoxy) is 2. The van der Waals surface area contributed by atoms with Gasteiger partial charge >= 0.3 is 0 Å². The number of hydrogen-bond donors (Lipinski definition) is 0. The first-order valence-corrected chi connectivity index (χ1v) is 6.80. The molecular formula is C15H18O4. The van der Waals surface area contributed by atoms with Crippen LogP contribution < -0.4 is 0 Å². The molecule has 5 rings (SSSR count). The van der Waals surface area contributed by atoms with Gasteiger partial charge in [0.2, 0.25) is 11.6 Å². The summed E-state index contributed by atoms with van der Waals surface area (Å²) in [4.78, 5) is 11.1. The van der Waals surface area contributed by atoms with Gasteiger partial charge in [-0.15, -0.1) is 0 Å². The van der Waals surface area contributed by atoms with Gasteiger partial charge in [-0.25, -0.2) is 0 Å². The summed E-state index contributed by atoms with van der Waals surface area (Å²) in [6.45, 7) is 5.96. The maximum atomic E-state index is 6.17. The van der Waals surface area contributed by atoms with E-state index in [1.54, 1.807) is 0 Å². The highest BCUT2D eigenvalue weighted by Gasteiger charge is 2.72. The number of aryl methyl sites for hydroxylation is 1. The van der Waals surface area contributed by atoms with Gasteiger partial charge in [0.25, 0.3) is 0 Å². The van der Waals surface area contributed by atoms with Gasteiger partial charge in [0.15, 0.2) is 5.79 Å². The van der Waals surface area contributed by atoms with Crippen molar-refractivity contribution in [3.05, 3.63) is 35.4 Å². The Morgan fingerprint density at radius 3 is 2.47 bits per heavy atom. The van der Waals surface area contributed by atoms with Crippen molar-refractivity contribution in [1.82, 2.24) is 0 Å². The molecular weight excluding hydrogens is 244 g/mol. The molecule has 0 saturated carbocycles. The number of rotatable bonds is 1. The zero-order valence-corrected chi connectivity index (χ0v) is 11.4. The molecule has 4 atom stereocenters. The lowest BCUT2D eigenvalue weighted by Gasteiger charge is -2.54. The molecule has 1 aromatic rings. The molecule has 0 amide bonds. The predicted octanol–water partition coefficient (Wildman–Crippen LogP) is 3.00. The van der Waals surface area contributed by atoms with E-state index < -0.39 is 17.4 Å². The first-order chi connectivity index (χ1) is 8.96. The molecule has 4 heteroatoms. The Hall–Kier alpha value is -0.940. The monoisotopic (exact) mass is 262 g/mol. The Bertz CT molecular complexity index is 527. The van der Waals surface area contributed by atoms with Gasteiger partial charge in [-0.05, 0) is 27.2 Å². The topological polar surface area (TPSA) is 36.9 Å². The molecule has 4 fully saturated rings. The lowest BCUT2D eigenvalue weighted by molar-refractivity contribution is -0.433. The van der Waals surface area contributed by atoms with Crippen LogP contribution in [0, 0.1) is 12.8 Å². The van der Waals surface area contributed by atoms with Crippen molar-refractivity contribution < 1.29 is 19.2 Å². The molecule has 0 spiro atoms. The van der Waals surface area contributed by atoms with Gasteiger partial charge < -0.3 is 9.47 Å². The van der Waals surface area contributed by atoms with Crippen molar-refractivity contribution >= 4 is 0 Å². The second-order valence-corrected chi connectivity index (χ2v) is 6.15. The van der Waals surface area contributed by atoms with Gasteiger partial charge in [-0.2, -0.15) is 9.78 Å². The van der Waals surface area contributed by atoms with E-state index >= 15 is 0 Å². The van der Waals surface area contributed by atoms with E-state index in [9.17, 15) is 0 Å². The van der Waals surface area contributed by atoms with Crippen LogP contribution in [0.5, 0.6) is 0 Å². The average Bonchev–Trinajstić information content (AvgIpc) is 2.58. The minimum atomic E-state index is -0.826. The van der Waals surface area contributed by atoms with E-state index in [0.29, 0.717) is 0 Å². The van der Waals surface area contributed by atoms with Gasteiger partial charge in [0.1, 0.15) is 0 Å². The summed E-state index contributed by atoms with van der Waals surface area (Å²) in [5.74, 6) is -2.11. The van der Waals surface area contributed by atoms with Crippen molar-refractivity contribution in [2.24, 2.45) is 5.92 Å². The van der Waals surface area contributed by atoms with Crippen molar-refractivity contribution in [3.63, 3.8) is 0 Å². The molecule has 0 radical (unpaired) electrons. The van der Waals surface area contributed by atoms with Crippen LogP contribution in [0.1, 0.15) is 37.8 Å². The van der Waals surface area contributed by atoms with Gasteiger partial charge in [0.05, 0.1) is 5.92 Å². The maximum Gasteiger partial charge on any atom is 0.238 e. The third kappa shape index (κ3) is 1.43. The van der Waals surface area contributed by atoms with Gasteiger partial charge in [-0.3, -0.25) is 0 Å². The molecule has 102 valence electrons. The standard InChI is InChI=1S/C15H18O4/c1-10-4-6-11(7-5-10)15-12-8-9-13(2,17-15)16-14(12,3)18-19-15/h4-7,12H,8-9H2,1-3H3/t12?,13?,14-,15+/m1/s1. The molecule has 1 aromatic carbocycles. The SMILES string of the molecule is Cc1ccc([C@]23OO[C@@]4(C)OC(C)(CCC42)O3)cc1. The summed E-state index contributed by atoms with van der Waals surface area (Å²) < 4.78 is 12.1. The number of hydrogen-bond acceptors (Lipinski definition) is 4. The fourth-order valence-corrected chi connectivity index (χ4v) is 3.61. The Morgan fingerprint density at radius 1 is 1.05 bits per heavy atom. The lowest BCUT2D eigenvalue weighted by Crippen LogP contribution is -2.62. The summed E-state index contributed by atoms with van der Waals surface area (Å²) in [6, 6.07) is 8.23. The van der Waals surface area contributed by atoms with Crippen molar-refractivity contribution in [1.29, 1.82) is 0 Å². The Balaban J connectivity index is 1.84. The highest BCUT2D eigenvalue weighted by atomic mass is 17.3. The van der Waals surface area contributed by atoms with Gasteiger partial charge in [-0.1, -0.05) is 29.8 Å². The minimum Gasteiger partial charge on any atom is -0.315 e. The average molecular weight is 262 g/mol. The zero-order chi connectivity index (χ0) is 13.3. The summed E-state index contributed by atoms with van der Waals surface area (Å²) in [6.07, 6.45) is 1.84. The molecule has 19 heavy (non-hydrogen) atoms. The normalized spacial score (nSPS) is 47.6. The smallest absolute Gasteiger partial charge is 0.238 e. The molecule has 0 N–H and O–H groups in total. The fourth-order valence-electron chi connectivity index (χ4n) is 3.61. The van der Waals surface area contributed by atoms with E-state index in [0.717, 1.165) is 18.4 Å². The lowest BCUT2D eigenvalue weighted by atomic mass is 9.76. The van der Waals surface area contributed by atoms with Crippen LogP contribution in [0.15, 0.2) is 24.3 Å². The molecule has 4 aliphatic heterocycles. The Morgan fingerprint density at radius 2 is 1.79 bits per heavy atom. The van der Waals surface area contributed by atoms with Gasteiger partial charge in [0, 0.05) is 12.0 Å². The minimum absolute atomic E-state index is 0.0598. The molecule has 0 aromatic heterocycles. The van der Waals surface area contributed by atoms with Crippen LogP contribution in [0.25, 0.3) is 0 Å². The third-order valence-electron chi connectivity index (χ3n) is 4.55. The number of benzene rings is 1. The fraction of sp³-hybridized carbons (Fsp3) is 0.600. The van der Waals surface area contributed by atoms with E-state index in [-0.39, 0.29) is 5.92 Å². The molecule has 0 aliphatic carbocycles. The van der Waals surface area contributed by atoms with Crippen LogP contribution in [0.2, 0.25) is 0 Å². The molecule has 4 saturated heterocycles. The van der Waals surface area contributed by atoms with Crippen LogP contribution in [-0.4, -0.2) is 11.6 Å². The van der Waals surface area contributed by atoms with Crippen molar-refractivity contribution in [2.75, 3.05) is 0 Å². The largest absolute Gasteiger partial charge is 0.315 e. The first-order valence-electron chi connectivity index (χ1n) is 6.80. The summed E-state index contributed by atoms with van der Waals surface area (Å²) in [5.41, 5.74) is 2.21. The summed E-state index contributed by atoms with van der Waals surface area (Å²) >= 11 is 0. The Labute approximate surface area is 112 Å². The second-order valence-electron chi connectivity index (χ2n) is 6.15. The maximum absolute atomic E-state index is 6.17. The summed E-state index contributed by atoms with van der Waals surface area (Å²) in [5, 5.41) is 0. The summed E-state index contributed by atoms with van der Waals surface area (Å²) in [7, 11) is 0. The number of fused-ring (bicyclic) bond motifs is 1. The van der Waals surface area contributed by atoms with Crippen molar-refractivity contribution in [3.8, 4) is 0 Å². The van der Waals surface area contributed by atoms with E-state index in [1.165, 1.54) is 5.56 Å². The third-order valence-corrected chi connectivity index (χ3v) is 4.55. The van der Waals surface area contributed by atoms with E-state index in [1.807, 2.05) is 13.8 Å². The van der Waals surface area contributed by atoms with E-state index in [4.69, 9.17) is 19.2 Å². The van der Waals surface area contributed by atoms with Crippen molar-refractivity contribution in [2.45, 2.75) is 51.0 Å². The molecule has 4 bridgehead atoms. The Kier molecular flexibility index (Phi) is 2.11. The van der Waals surface area contributed by atoms with Crippen LogP contribution in [0.4, 0.5) is 0 Å². The molecule has 4 nitrogen and oxygen atoms in total. The molecule has 4 aliphatic rings. The highest BCUT2D eigenvalue weighted by molar-refractivity contribution is 5.28. The van der Waals surface area contributed by atoms with Crippen LogP contribution in [0.3, 0.4) is 0 Å².